The summed E-state index contributed by atoms with van der Waals surface area (Å²) in [6.07, 6.45) is 4.99. The van der Waals surface area contributed by atoms with E-state index in [2.05, 4.69) is 23.7 Å². The van der Waals surface area contributed by atoms with Crippen LogP contribution in [0.5, 0.6) is 11.5 Å². The van der Waals surface area contributed by atoms with Crippen LogP contribution in [0.2, 0.25) is 0 Å². The van der Waals surface area contributed by atoms with Gasteiger partial charge >= 0.3 is 0 Å². The first-order valence-corrected chi connectivity index (χ1v) is 9.27. The van der Waals surface area contributed by atoms with Crippen LogP contribution < -0.4 is 14.8 Å². The highest BCUT2D eigenvalue weighted by atomic mass is 16.5. The average molecular weight is 374 g/mol. The molecule has 2 rings (SSSR count). The summed E-state index contributed by atoms with van der Waals surface area (Å²) in [5, 5.41) is 3.04. The molecule has 1 N–H and O–H groups in total. The number of hydrogen-bond donors (Lipinski definition) is 1. The topological polar surface area (TPSA) is 60.0 Å². The lowest BCUT2D eigenvalue weighted by Crippen LogP contribution is -2.51. The molecule has 27 heavy (non-hydrogen) atoms. The summed E-state index contributed by atoms with van der Waals surface area (Å²) >= 11 is 0. The van der Waals surface area contributed by atoms with Crippen molar-refractivity contribution in [1.82, 2.24) is 10.2 Å². The van der Waals surface area contributed by atoms with Crippen LogP contribution in [-0.4, -0.2) is 62.9 Å². The summed E-state index contributed by atoms with van der Waals surface area (Å²) < 4.78 is 16.3. The monoisotopic (exact) mass is 374 g/mol. The maximum absolute atomic E-state index is 12.3. The predicted octanol–water partition coefficient (Wildman–Crippen LogP) is 2.50. The van der Waals surface area contributed by atoms with Gasteiger partial charge in [0.2, 0.25) is 5.91 Å². The van der Waals surface area contributed by atoms with Gasteiger partial charge < -0.3 is 19.5 Å². The smallest absolute Gasteiger partial charge is 0.244 e. The van der Waals surface area contributed by atoms with Crippen molar-refractivity contribution in [3.05, 3.63) is 42.5 Å². The molecule has 1 amide bonds. The van der Waals surface area contributed by atoms with E-state index in [0.29, 0.717) is 18.1 Å². The van der Waals surface area contributed by atoms with Gasteiger partial charge in [-0.05, 0) is 37.6 Å². The third-order valence-electron chi connectivity index (χ3n) is 4.69. The molecule has 148 valence electrons. The standard InChI is InChI=1S/C21H30N2O4/c1-5-12-27-19-8-6-18(15-20(19)25-4)7-9-21(24)22-16(2)17(3)23-10-13-26-14-11-23/h5-9,15-17H,1,10-14H2,2-4H3,(H,22,24)/b9-7+. The van der Waals surface area contributed by atoms with Crippen LogP contribution in [0.3, 0.4) is 0 Å². The highest BCUT2D eigenvalue weighted by Gasteiger charge is 2.22. The molecule has 2 unspecified atom stereocenters. The Kier molecular flexibility index (Phi) is 8.36. The first-order valence-electron chi connectivity index (χ1n) is 9.27. The van der Waals surface area contributed by atoms with E-state index in [4.69, 9.17) is 14.2 Å². The summed E-state index contributed by atoms with van der Waals surface area (Å²) in [6, 6.07) is 5.84. The van der Waals surface area contributed by atoms with Gasteiger partial charge in [0.05, 0.1) is 20.3 Å². The van der Waals surface area contributed by atoms with Crippen molar-refractivity contribution in [3.8, 4) is 11.5 Å². The number of carbonyl (C=O) groups is 1. The van der Waals surface area contributed by atoms with Crippen LogP contribution in [0.25, 0.3) is 6.08 Å². The number of methoxy groups -OCH3 is 1. The van der Waals surface area contributed by atoms with Crippen LogP contribution in [-0.2, 0) is 9.53 Å². The number of ether oxygens (including phenoxy) is 3. The molecular weight excluding hydrogens is 344 g/mol. The van der Waals surface area contributed by atoms with Crippen molar-refractivity contribution in [1.29, 1.82) is 0 Å². The average Bonchev–Trinajstić information content (AvgIpc) is 2.70. The predicted molar refractivity (Wildman–Crippen MR) is 107 cm³/mol. The van der Waals surface area contributed by atoms with Gasteiger partial charge in [-0.15, -0.1) is 0 Å². The number of carbonyl (C=O) groups excluding carboxylic acids is 1. The Morgan fingerprint density at radius 2 is 2.07 bits per heavy atom. The second-order valence-corrected chi connectivity index (χ2v) is 6.53. The van der Waals surface area contributed by atoms with Crippen molar-refractivity contribution < 1.29 is 19.0 Å². The van der Waals surface area contributed by atoms with Crippen LogP contribution in [0.4, 0.5) is 0 Å². The molecule has 0 radical (unpaired) electrons. The van der Waals surface area contributed by atoms with Gasteiger partial charge in [0.25, 0.3) is 0 Å². The van der Waals surface area contributed by atoms with Gasteiger partial charge in [0.1, 0.15) is 6.61 Å². The molecule has 1 heterocycles. The van der Waals surface area contributed by atoms with E-state index in [1.165, 1.54) is 0 Å². The number of nitrogens with one attached hydrogen (secondary N) is 1. The van der Waals surface area contributed by atoms with E-state index in [0.717, 1.165) is 31.9 Å². The molecule has 1 saturated heterocycles. The van der Waals surface area contributed by atoms with Crippen LogP contribution in [0.15, 0.2) is 36.9 Å². The normalized spacial score (nSPS) is 17.3. The summed E-state index contributed by atoms with van der Waals surface area (Å²) in [7, 11) is 1.59. The lowest BCUT2D eigenvalue weighted by atomic mass is 10.1. The van der Waals surface area contributed by atoms with Crippen molar-refractivity contribution in [2.24, 2.45) is 0 Å². The number of morpholine rings is 1. The Balaban J connectivity index is 1.92. The minimum atomic E-state index is -0.117. The molecular formula is C21H30N2O4. The number of rotatable bonds is 9. The Hall–Kier alpha value is -2.31. The van der Waals surface area contributed by atoms with Gasteiger partial charge in [-0.2, -0.15) is 0 Å². The van der Waals surface area contributed by atoms with Crippen molar-refractivity contribution in [3.63, 3.8) is 0 Å². The van der Waals surface area contributed by atoms with Crippen LogP contribution in [0.1, 0.15) is 19.4 Å². The molecule has 1 aliphatic rings. The summed E-state index contributed by atoms with van der Waals surface area (Å²) in [5.74, 6) is 1.15. The first-order chi connectivity index (χ1) is 13.0. The number of benzene rings is 1. The molecule has 1 aromatic rings. The summed E-state index contributed by atoms with van der Waals surface area (Å²) in [6.45, 7) is 11.5. The fourth-order valence-corrected chi connectivity index (χ4v) is 2.92. The second kappa shape index (κ2) is 10.7. The zero-order valence-corrected chi connectivity index (χ0v) is 16.4. The maximum Gasteiger partial charge on any atom is 0.244 e. The molecule has 1 fully saturated rings. The molecule has 0 bridgehead atoms. The molecule has 1 aliphatic heterocycles. The molecule has 0 saturated carbocycles. The lowest BCUT2D eigenvalue weighted by Gasteiger charge is -2.35. The summed E-state index contributed by atoms with van der Waals surface area (Å²) in [5.41, 5.74) is 0.863. The Labute approximate surface area is 161 Å². The molecule has 0 aliphatic carbocycles. The molecule has 0 spiro atoms. The summed E-state index contributed by atoms with van der Waals surface area (Å²) in [4.78, 5) is 14.6. The highest BCUT2D eigenvalue weighted by Crippen LogP contribution is 2.28. The zero-order chi connectivity index (χ0) is 19.6. The minimum Gasteiger partial charge on any atom is -0.493 e. The zero-order valence-electron chi connectivity index (χ0n) is 16.4. The number of amides is 1. The quantitative estimate of drug-likeness (QED) is 0.532. The second-order valence-electron chi connectivity index (χ2n) is 6.53. The fourth-order valence-electron chi connectivity index (χ4n) is 2.92. The third kappa shape index (κ3) is 6.41. The van der Waals surface area contributed by atoms with Gasteiger partial charge in [0, 0.05) is 31.2 Å². The third-order valence-corrected chi connectivity index (χ3v) is 4.69. The minimum absolute atomic E-state index is 0.0458. The number of nitrogens with zero attached hydrogens (tertiary/aromatic N) is 1. The Morgan fingerprint density at radius 3 is 2.74 bits per heavy atom. The van der Waals surface area contributed by atoms with Crippen molar-refractivity contribution in [2.45, 2.75) is 25.9 Å². The van der Waals surface area contributed by atoms with Gasteiger partial charge in [0.15, 0.2) is 11.5 Å². The largest absolute Gasteiger partial charge is 0.493 e. The van der Waals surface area contributed by atoms with Crippen LogP contribution >= 0.6 is 0 Å². The van der Waals surface area contributed by atoms with Gasteiger partial charge in [-0.25, -0.2) is 0 Å². The maximum atomic E-state index is 12.3. The lowest BCUT2D eigenvalue weighted by molar-refractivity contribution is -0.117. The van der Waals surface area contributed by atoms with E-state index in [-0.39, 0.29) is 18.0 Å². The van der Waals surface area contributed by atoms with Crippen molar-refractivity contribution in [2.75, 3.05) is 40.0 Å². The van der Waals surface area contributed by atoms with E-state index >= 15 is 0 Å². The van der Waals surface area contributed by atoms with E-state index in [1.807, 2.05) is 25.1 Å². The highest BCUT2D eigenvalue weighted by molar-refractivity contribution is 5.92. The number of hydrogen-bond acceptors (Lipinski definition) is 5. The molecule has 6 heteroatoms. The molecule has 1 aromatic carbocycles. The van der Waals surface area contributed by atoms with E-state index in [1.54, 1.807) is 25.3 Å². The molecule has 6 nitrogen and oxygen atoms in total. The Morgan fingerprint density at radius 1 is 1.33 bits per heavy atom. The SMILES string of the molecule is C=CCOc1ccc(/C=C/C(=O)NC(C)C(C)N2CCOCC2)cc1OC. The van der Waals surface area contributed by atoms with E-state index in [9.17, 15) is 4.79 Å². The van der Waals surface area contributed by atoms with Gasteiger partial charge in [-0.3, -0.25) is 9.69 Å². The van der Waals surface area contributed by atoms with E-state index < -0.39 is 0 Å². The Bertz CT molecular complexity index is 654. The van der Waals surface area contributed by atoms with Crippen LogP contribution in [0, 0.1) is 0 Å². The molecule has 0 aromatic heterocycles. The van der Waals surface area contributed by atoms with Crippen molar-refractivity contribution >= 4 is 12.0 Å². The molecule has 2 atom stereocenters. The first kappa shape index (κ1) is 21.0. The van der Waals surface area contributed by atoms with Gasteiger partial charge in [-0.1, -0.05) is 18.7 Å². The fraction of sp³-hybridized carbons (Fsp3) is 0.476.